The molecule has 0 N–H and O–H groups in total. The number of hydrogen-bond acceptors (Lipinski definition) is 4. The molecule has 1 aromatic carbocycles. The van der Waals surface area contributed by atoms with E-state index in [9.17, 15) is 18.0 Å². The highest BCUT2D eigenvalue weighted by Crippen LogP contribution is 2.18. The lowest BCUT2D eigenvalue weighted by Crippen LogP contribution is -2.24. The first-order valence-electron chi connectivity index (χ1n) is 5.81. The maximum Gasteiger partial charge on any atom is 0.450 e. The fraction of sp³-hybridized carbons (Fsp3) is 0.308. The van der Waals surface area contributed by atoms with Crippen LogP contribution in [0.2, 0.25) is 0 Å². The maximum atomic E-state index is 12.1. The summed E-state index contributed by atoms with van der Waals surface area (Å²) in [5.41, 5.74) is 2.00. The maximum absolute atomic E-state index is 12.1. The Kier molecular flexibility index (Phi) is 3.87. The highest BCUT2D eigenvalue weighted by Gasteiger charge is 2.39. The summed E-state index contributed by atoms with van der Waals surface area (Å²) in [5.74, 6) is -1.98. The number of rotatable bonds is 4. The number of carbonyl (C=O) groups is 1. The van der Waals surface area contributed by atoms with E-state index in [-0.39, 0.29) is 11.7 Å². The Balaban J connectivity index is 2.02. The molecule has 1 heterocycles. The number of aryl methyl sites for hydroxylation is 1. The molecule has 4 nitrogen and oxygen atoms in total. The lowest BCUT2D eigenvalue weighted by atomic mass is 10.1. The molecule has 0 spiro atoms. The van der Waals surface area contributed by atoms with Crippen molar-refractivity contribution >= 4 is 5.78 Å². The smallest absolute Gasteiger partial charge is 0.339 e. The molecule has 2 aromatic rings. The van der Waals surface area contributed by atoms with Gasteiger partial charge in [-0.1, -0.05) is 35.0 Å². The molecule has 7 heteroatoms. The van der Waals surface area contributed by atoms with Crippen LogP contribution in [0.1, 0.15) is 22.8 Å². The van der Waals surface area contributed by atoms with Crippen molar-refractivity contribution in [3.8, 4) is 0 Å². The number of hydrogen-bond donors (Lipinski definition) is 0. The van der Waals surface area contributed by atoms with E-state index in [1.807, 2.05) is 31.2 Å². The van der Waals surface area contributed by atoms with Gasteiger partial charge in [0.15, 0.2) is 5.82 Å². The molecule has 2 rings (SSSR count). The molecule has 0 bridgehead atoms. The third kappa shape index (κ3) is 3.66. The first kappa shape index (κ1) is 14.2. The van der Waals surface area contributed by atoms with E-state index >= 15 is 0 Å². The molecule has 106 valence electrons. The highest BCUT2D eigenvalue weighted by atomic mass is 19.4. The Morgan fingerprint density at radius 3 is 2.50 bits per heavy atom. The van der Waals surface area contributed by atoms with Crippen LogP contribution < -0.4 is 0 Å². The van der Waals surface area contributed by atoms with E-state index < -0.39 is 18.4 Å². The second-order valence-corrected chi connectivity index (χ2v) is 4.36. The summed E-state index contributed by atoms with van der Waals surface area (Å²) in [4.78, 5) is 14.6. The summed E-state index contributed by atoms with van der Waals surface area (Å²) in [6, 6.07) is 7.55. The van der Waals surface area contributed by atoms with Gasteiger partial charge in [0.1, 0.15) is 0 Å². The zero-order valence-corrected chi connectivity index (χ0v) is 10.6. The minimum Gasteiger partial charge on any atom is -0.339 e. The molecule has 20 heavy (non-hydrogen) atoms. The third-order valence-electron chi connectivity index (χ3n) is 2.62. The van der Waals surface area contributed by atoms with Crippen molar-refractivity contribution < 1.29 is 22.5 Å². The Bertz CT molecular complexity index is 603. The number of nitrogens with zero attached hydrogens (tertiary/aromatic N) is 2. The summed E-state index contributed by atoms with van der Waals surface area (Å²) in [6.07, 6.45) is -5.47. The van der Waals surface area contributed by atoms with Gasteiger partial charge in [-0.15, -0.1) is 0 Å². The summed E-state index contributed by atoms with van der Waals surface area (Å²) in [6.45, 7) is 1.94. The van der Waals surface area contributed by atoms with E-state index in [4.69, 9.17) is 0 Å². The predicted octanol–water partition coefficient (Wildman–Crippen LogP) is 2.64. The van der Waals surface area contributed by atoms with Crippen molar-refractivity contribution in [1.29, 1.82) is 0 Å². The molecule has 0 unspecified atom stereocenters. The quantitative estimate of drug-likeness (QED) is 0.866. The summed E-state index contributed by atoms with van der Waals surface area (Å²) < 4.78 is 40.9. The Labute approximate surface area is 112 Å². The molecule has 0 aliphatic heterocycles. The molecule has 0 atom stereocenters. The average molecular weight is 284 g/mol. The fourth-order valence-electron chi connectivity index (χ4n) is 1.56. The molecular formula is C13H11F3N2O2. The van der Waals surface area contributed by atoms with E-state index in [1.165, 1.54) is 0 Å². The highest BCUT2D eigenvalue weighted by molar-refractivity contribution is 5.85. The monoisotopic (exact) mass is 284 g/mol. The van der Waals surface area contributed by atoms with Gasteiger partial charge >= 0.3 is 6.18 Å². The number of alkyl halides is 3. The predicted molar refractivity (Wildman–Crippen MR) is 63.0 cm³/mol. The van der Waals surface area contributed by atoms with Crippen LogP contribution in [0.3, 0.4) is 0 Å². The van der Waals surface area contributed by atoms with Crippen molar-refractivity contribution in [3.63, 3.8) is 0 Å². The van der Waals surface area contributed by atoms with Crippen LogP contribution >= 0.6 is 0 Å². The van der Waals surface area contributed by atoms with Crippen LogP contribution in [0.15, 0.2) is 28.8 Å². The molecule has 0 saturated heterocycles. The van der Waals surface area contributed by atoms with Gasteiger partial charge in [-0.25, -0.2) is 0 Å². The van der Waals surface area contributed by atoms with Crippen LogP contribution in [-0.2, 0) is 17.6 Å². The number of halogens is 3. The Hall–Kier alpha value is -2.18. The fourth-order valence-corrected chi connectivity index (χ4v) is 1.56. The van der Waals surface area contributed by atoms with Gasteiger partial charge in [0.05, 0.1) is 6.42 Å². The van der Waals surface area contributed by atoms with Gasteiger partial charge in [-0.05, 0) is 12.5 Å². The lowest BCUT2D eigenvalue weighted by molar-refractivity contribution is -0.170. The Morgan fingerprint density at radius 1 is 1.25 bits per heavy atom. The molecule has 0 fully saturated rings. The van der Waals surface area contributed by atoms with Crippen LogP contribution in [0.5, 0.6) is 0 Å². The van der Waals surface area contributed by atoms with Crippen molar-refractivity contribution in [2.45, 2.75) is 25.9 Å². The largest absolute Gasteiger partial charge is 0.450 e. The number of aromatic nitrogens is 2. The second kappa shape index (κ2) is 5.44. The van der Waals surface area contributed by atoms with Gasteiger partial charge in [0, 0.05) is 6.42 Å². The van der Waals surface area contributed by atoms with Crippen LogP contribution in [0, 0.1) is 6.92 Å². The van der Waals surface area contributed by atoms with Crippen molar-refractivity contribution in [2.75, 3.05) is 0 Å². The number of carbonyl (C=O) groups excluding carboxylic acids is 1. The number of Topliss-reactive ketones (excluding diaryl/α,β-unsaturated/α-hetero) is 1. The normalized spacial score (nSPS) is 11.6. The zero-order chi connectivity index (χ0) is 14.8. The molecule has 1 aromatic heterocycles. The van der Waals surface area contributed by atoms with Gasteiger partial charge in [0.2, 0.25) is 11.7 Å². The lowest BCUT2D eigenvalue weighted by Gasteiger charge is -2.00. The first-order chi connectivity index (χ1) is 9.34. The van der Waals surface area contributed by atoms with Crippen LogP contribution in [0.25, 0.3) is 0 Å². The summed E-state index contributed by atoms with van der Waals surface area (Å²) >= 11 is 0. The average Bonchev–Trinajstić information content (AvgIpc) is 2.78. The molecular weight excluding hydrogens is 273 g/mol. The second-order valence-electron chi connectivity index (χ2n) is 4.36. The molecule has 0 saturated carbocycles. The van der Waals surface area contributed by atoms with Gasteiger partial charge in [-0.3, -0.25) is 4.79 Å². The number of ketones is 1. The van der Waals surface area contributed by atoms with Gasteiger partial charge < -0.3 is 4.52 Å². The molecule has 0 aliphatic rings. The SMILES string of the molecule is Cc1ccc(Cc2noc(CC(=O)C(F)(F)F)n2)cc1. The van der Waals surface area contributed by atoms with Crippen molar-refractivity contribution in [2.24, 2.45) is 0 Å². The van der Waals surface area contributed by atoms with E-state index in [0.717, 1.165) is 11.1 Å². The standard InChI is InChI=1S/C13H11F3N2O2/c1-8-2-4-9(5-3-8)6-11-17-12(20-18-11)7-10(19)13(14,15)16/h2-5H,6-7H2,1H3. The van der Waals surface area contributed by atoms with E-state index in [1.54, 1.807) is 0 Å². The van der Waals surface area contributed by atoms with E-state index in [0.29, 0.717) is 6.42 Å². The van der Waals surface area contributed by atoms with Crippen LogP contribution in [0.4, 0.5) is 13.2 Å². The van der Waals surface area contributed by atoms with Crippen LogP contribution in [-0.4, -0.2) is 22.1 Å². The van der Waals surface area contributed by atoms with Crippen molar-refractivity contribution in [3.05, 3.63) is 47.1 Å². The third-order valence-corrected chi connectivity index (χ3v) is 2.62. The van der Waals surface area contributed by atoms with E-state index in [2.05, 4.69) is 14.7 Å². The zero-order valence-electron chi connectivity index (χ0n) is 10.6. The number of benzene rings is 1. The summed E-state index contributed by atoms with van der Waals surface area (Å²) in [7, 11) is 0. The molecule has 0 amide bonds. The minimum absolute atomic E-state index is 0.249. The van der Waals surface area contributed by atoms with Crippen molar-refractivity contribution in [1.82, 2.24) is 10.1 Å². The van der Waals surface area contributed by atoms with Gasteiger partial charge in [-0.2, -0.15) is 18.2 Å². The first-order valence-corrected chi connectivity index (χ1v) is 5.81. The minimum atomic E-state index is -4.88. The Morgan fingerprint density at radius 2 is 1.90 bits per heavy atom. The van der Waals surface area contributed by atoms with Gasteiger partial charge in [0.25, 0.3) is 0 Å². The molecule has 0 aliphatic carbocycles. The summed E-state index contributed by atoms with van der Waals surface area (Å²) in [5, 5.41) is 3.56. The topological polar surface area (TPSA) is 56.0 Å². The molecule has 0 radical (unpaired) electrons.